The summed E-state index contributed by atoms with van der Waals surface area (Å²) >= 11 is 0. The first-order valence-electron chi connectivity index (χ1n) is 6.65. The summed E-state index contributed by atoms with van der Waals surface area (Å²) in [5.41, 5.74) is 8.23. The lowest BCUT2D eigenvalue weighted by Gasteiger charge is -2.09. The quantitative estimate of drug-likeness (QED) is 0.842. The maximum Gasteiger partial charge on any atom is 0.258 e. The van der Waals surface area contributed by atoms with Crippen molar-refractivity contribution in [3.05, 3.63) is 41.2 Å². The van der Waals surface area contributed by atoms with Gasteiger partial charge in [-0.1, -0.05) is 0 Å². The highest BCUT2D eigenvalue weighted by molar-refractivity contribution is 6.04. The molecule has 0 radical (unpaired) electrons. The minimum atomic E-state index is -0.326. The van der Waals surface area contributed by atoms with Crippen molar-refractivity contribution in [3.63, 3.8) is 0 Å². The van der Waals surface area contributed by atoms with Crippen LogP contribution < -0.4 is 15.8 Å². The molecule has 0 spiro atoms. The molecule has 0 atom stereocenters. The van der Waals surface area contributed by atoms with Crippen LogP contribution in [0, 0.1) is 13.8 Å². The number of hydrogen-bond acceptors (Lipinski definition) is 5. The number of rotatable bonds is 4. The van der Waals surface area contributed by atoms with E-state index in [9.17, 15) is 4.79 Å². The van der Waals surface area contributed by atoms with E-state index in [-0.39, 0.29) is 11.9 Å². The van der Waals surface area contributed by atoms with Crippen LogP contribution in [-0.4, -0.2) is 22.5 Å². The van der Waals surface area contributed by atoms with Crippen LogP contribution >= 0.6 is 0 Å². The summed E-state index contributed by atoms with van der Waals surface area (Å²) in [6.07, 6.45) is 0. The zero-order valence-corrected chi connectivity index (χ0v) is 12.3. The Morgan fingerprint density at radius 1 is 1.19 bits per heavy atom. The number of aryl methyl sites for hydroxylation is 2. The Kier molecular flexibility index (Phi) is 4.37. The Morgan fingerprint density at radius 3 is 2.48 bits per heavy atom. The van der Waals surface area contributed by atoms with Crippen LogP contribution in [0.5, 0.6) is 5.75 Å². The van der Waals surface area contributed by atoms with Crippen molar-refractivity contribution in [1.29, 1.82) is 0 Å². The number of nitrogens with two attached hydrogens (primary N) is 1. The van der Waals surface area contributed by atoms with Gasteiger partial charge in [0.2, 0.25) is 5.95 Å². The SMILES string of the molecule is CCOc1cc(N)cc(C(=O)Nc2nc(C)cc(C)n2)c1. The van der Waals surface area contributed by atoms with E-state index < -0.39 is 0 Å². The fraction of sp³-hybridized carbons (Fsp3) is 0.267. The summed E-state index contributed by atoms with van der Waals surface area (Å²) < 4.78 is 5.37. The number of nitrogens with one attached hydrogen (secondary N) is 1. The molecule has 0 bridgehead atoms. The van der Waals surface area contributed by atoms with E-state index in [0.29, 0.717) is 23.6 Å². The first kappa shape index (κ1) is 14.8. The largest absolute Gasteiger partial charge is 0.494 e. The number of anilines is 2. The molecule has 0 aliphatic heterocycles. The van der Waals surface area contributed by atoms with Crippen molar-refractivity contribution in [1.82, 2.24) is 9.97 Å². The second kappa shape index (κ2) is 6.21. The molecule has 0 unspecified atom stereocenters. The second-order valence-corrected chi connectivity index (χ2v) is 4.65. The van der Waals surface area contributed by atoms with E-state index in [1.165, 1.54) is 0 Å². The second-order valence-electron chi connectivity index (χ2n) is 4.65. The third-order valence-electron chi connectivity index (χ3n) is 2.71. The third kappa shape index (κ3) is 3.92. The van der Waals surface area contributed by atoms with E-state index in [1.54, 1.807) is 18.2 Å². The van der Waals surface area contributed by atoms with E-state index in [4.69, 9.17) is 10.5 Å². The summed E-state index contributed by atoms with van der Waals surface area (Å²) in [6.45, 7) is 6.06. The molecule has 1 heterocycles. The molecule has 6 heteroatoms. The van der Waals surface area contributed by atoms with Gasteiger partial charge in [0.05, 0.1) is 6.61 Å². The minimum Gasteiger partial charge on any atom is -0.494 e. The van der Waals surface area contributed by atoms with Crippen LogP contribution in [0.25, 0.3) is 0 Å². The Labute approximate surface area is 123 Å². The normalized spacial score (nSPS) is 10.2. The molecule has 2 aromatic rings. The monoisotopic (exact) mass is 286 g/mol. The molecule has 21 heavy (non-hydrogen) atoms. The highest BCUT2D eigenvalue weighted by Crippen LogP contribution is 2.19. The highest BCUT2D eigenvalue weighted by Gasteiger charge is 2.11. The van der Waals surface area contributed by atoms with Gasteiger partial charge in [-0.15, -0.1) is 0 Å². The Balaban J connectivity index is 2.23. The van der Waals surface area contributed by atoms with Crippen molar-refractivity contribution in [3.8, 4) is 5.75 Å². The number of aromatic nitrogens is 2. The van der Waals surface area contributed by atoms with E-state index in [0.717, 1.165) is 11.4 Å². The fourth-order valence-corrected chi connectivity index (χ4v) is 1.96. The summed E-state index contributed by atoms with van der Waals surface area (Å²) in [7, 11) is 0. The summed E-state index contributed by atoms with van der Waals surface area (Å²) in [4.78, 5) is 20.6. The van der Waals surface area contributed by atoms with Crippen molar-refractivity contribution >= 4 is 17.5 Å². The molecule has 2 rings (SSSR count). The molecule has 1 aromatic heterocycles. The minimum absolute atomic E-state index is 0.276. The van der Waals surface area contributed by atoms with Gasteiger partial charge in [0.25, 0.3) is 5.91 Å². The number of hydrogen-bond donors (Lipinski definition) is 2. The molecule has 6 nitrogen and oxygen atoms in total. The topological polar surface area (TPSA) is 90.1 Å². The van der Waals surface area contributed by atoms with Gasteiger partial charge in [0.15, 0.2) is 0 Å². The lowest BCUT2D eigenvalue weighted by molar-refractivity contribution is 0.102. The third-order valence-corrected chi connectivity index (χ3v) is 2.71. The molecule has 0 fully saturated rings. The number of ether oxygens (including phenoxy) is 1. The van der Waals surface area contributed by atoms with Crippen molar-refractivity contribution < 1.29 is 9.53 Å². The van der Waals surface area contributed by atoms with Gasteiger partial charge in [-0.3, -0.25) is 10.1 Å². The molecule has 0 aliphatic rings. The Bertz CT molecular complexity index is 650. The maximum atomic E-state index is 12.2. The van der Waals surface area contributed by atoms with Gasteiger partial charge in [0, 0.05) is 28.7 Å². The number of nitrogens with zero attached hydrogens (tertiary/aromatic N) is 2. The smallest absolute Gasteiger partial charge is 0.258 e. The van der Waals surface area contributed by atoms with Crippen LogP contribution in [0.3, 0.4) is 0 Å². The molecule has 110 valence electrons. The van der Waals surface area contributed by atoms with Gasteiger partial charge >= 0.3 is 0 Å². The van der Waals surface area contributed by atoms with Crippen LogP contribution in [-0.2, 0) is 0 Å². The highest BCUT2D eigenvalue weighted by atomic mass is 16.5. The first-order chi connectivity index (χ1) is 9.97. The average Bonchev–Trinajstić information content (AvgIpc) is 2.37. The summed E-state index contributed by atoms with van der Waals surface area (Å²) in [5, 5.41) is 2.66. The van der Waals surface area contributed by atoms with E-state index in [2.05, 4.69) is 15.3 Å². The molecule has 0 saturated heterocycles. The fourth-order valence-electron chi connectivity index (χ4n) is 1.96. The number of carbonyl (C=O) groups is 1. The van der Waals surface area contributed by atoms with Crippen molar-refractivity contribution in [2.75, 3.05) is 17.7 Å². The Morgan fingerprint density at radius 2 is 1.86 bits per heavy atom. The van der Waals surface area contributed by atoms with E-state index >= 15 is 0 Å². The molecule has 3 N–H and O–H groups in total. The predicted octanol–water partition coefficient (Wildman–Crippen LogP) is 2.33. The molecule has 1 amide bonds. The number of amides is 1. The maximum absolute atomic E-state index is 12.2. The van der Waals surface area contributed by atoms with Gasteiger partial charge in [-0.2, -0.15) is 0 Å². The zero-order valence-electron chi connectivity index (χ0n) is 12.3. The number of nitrogen functional groups attached to an aromatic ring is 1. The van der Waals surface area contributed by atoms with Crippen molar-refractivity contribution in [2.45, 2.75) is 20.8 Å². The van der Waals surface area contributed by atoms with Crippen LogP contribution in [0.4, 0.5) is 11.6 Å². The van der Waals surface area contributed by atoms with Crippen molar-refractivity contribution in [2.24, 2.45) is 0 Å². The average molecular weight is 286 g/mol. The standard InChI is InChI=1S/C15H18N4O2/c1-4-21-13-7-11(6-12(16)8-13)14(20)19-15-17-9(2)5-10(3)18-15/h5-8H,4,16H2,1-3H3,(H,17,18,19,20). The van der Waals surface area contributed by atoms with Gasteiger partial charge < -0.3 is 10.5 Å². The molecule has 0 aliphatic carbocycles. The molecule has 0 saturated carbocycles. The van der Waals surface area contributed by atoms with Gasteiger partial charge in [0.1, 0.15) is 5.75 Å². The summed E-state index contributed by atoms with van der Waals surface area (Å²) in [6, 6.07) is 6.73. The number of carbonyl (C=O) groups excluding carboxylic acids is 1. The van der Waals surface area contributed by atoms with E-state index in [1.807, 2.05) is 26.8 Å². The molecular formula is C15H18N4O2. The Hall–Kier alpha value is -2.63. The first-order valence-corrected chi connectivity index (χ1v) is 6.65. The van der Waals surface area contributed by atoms with Gasteiger partial charge in [-0.05, 0) is 39.0 Å². The molecule has 1 aromatic carbocycles. The number of benzene rings is 1. The lowest BCUT2D eigenvalue weighted by atomic mass is 10.2. The summed E-state index contributed by atoms with van der Waals surface area (Å²) in [5.74, 6) is 0.509. The zero-order chi connectivity index (χ0) is 15.4. The predicted molar refractivity (Wildman–Crippen MR) is 81.5 cm³/mol. The molecular weight excluding hydrogens is 268 g/mol. The van der Waals surface area contributed by atoms with Crippen LogP contribution in [0.1, 0.15) is 28.7 Å². The lowest BCUT2D eigenvalue weighted by Crippen LogP contribution is -2.15. The van der Waals surface area contributed by atoms with Gasteiger partial charge in [-0.25, -0.2) is 9.97 Å². The van der Waals surface area contributed by atoms with Crippen LogP contribution in [0.2, 0.25) is 0 Å². The van der Waals surface area contributed by atoms with Crippen LogP contribution in [0.15, 0.2) is 24.3 Å².